The van der Waals surface area contributed by atoms with Crippen LogP contribution in [0.1, 0.15) is 48.5 Å². The number of hydrogen-bond donors (Lipinski definition) is 0. The highest BCUT2D eigenvalue weighted by Crippen LogP contribution is 2.32. The zero-order chi connectivity index (χ0) is 13.3. The molecule has 0 N–H and O–H groups in total. The Morgan fingerprint density at radius 2 is 1.94 bits per heavy atom. The van der Waals surface area contributed by atoms with Gasteiger partial charge in [0.2, 0.25) is 0 Å². The van der Waals surface area contributed by atoms with E-state index in [-0.39, 0.29) is 22.8 Å². The summed E-state index contributed by atoms with van der Waals surface area (Å²) in [6.45, 7) is 3.60. The van der Waals surface area contributed by atoms with Gasteiger partial charge in [-0.05, 0) is 37.3 Å². The summed E-state index contributed by atoms with van der Waals surface area (Å²) in [6.07, 6.45) is 3.69. The maximum atomic E-state index is 13.8. The third kappa shape index (κ3) is 2.45. The monoisotopic (exact) mass is 252 g/mol. The van der Waals surface area contributed by atoms with Crippen molar-refractivity contribution in [3.63, 3.8) is 0 Å². The van der Waals surface area contributed by atoms with Crippen molar-refractivity contribution in [1.29, 1.82) is 0 Å². The minimum absolute atomic E-state index is 0.0859. The lowest BCUT2D eigenvalue weighted by molar-refractivity contribution is 0.0863. The van der Waals surface area contributed by atoms with Gasteiger partial charge < -0.3 is 0 Å². The normalized spacial score (nSPS) is 24.0. The Kier molecular flexibility index (Phi) is 3.79. The lowest BCUT2D eigenvalue weighted by Crippen LogP contribution is -2.23. The van der Waals surface area contributed by atoms with Crippen LogP contribution in [-0.4, -0.2) is 5.78 Å². The first-order valence-corrected chi connectivity index (χ1v) is 6.49. The van der Waals surface area contributed by atoms with Gasteiger partial charge in [-0.25, -0.2) is 8.78 Å². The summed E-state index contributed by atoms with van der Waals surface area (Å²) in [4.78, 5) is 12.2. The summed E-state index contributed by atoms with van der Waals surface area (Å²) < 4.78 is 27.2. The summed E-state index contributed by atoms with van der Waals surface area (Å²) in [7, 11) is 0. The van der Waals surface area contributed by atoms with Crippen LogP contribution in [0.2, 0.25) is 0 Å². The van der Waals surface area contributed by atoms with E-state index in [9.17, 15) is 13.6 Å². The number of ketones is 1. The number of carbonyl (C=O) groups excluding carboxylic acids is 1. The van der Waals surface area contributed by atoms with Gasteiger partial charge in [0.1, 0.15) is 0 Å². The fourth-order valence-electron chi connectivity index (χ4n) is 2.73. The predicted octanol–water partition coefficient (Wildman–Crippen LogP) is 4.28. The third-order valence-corrected chi connectivity index (χ3v) is 3.85. The molecule has 0 radical (unpaired) electrons. The molecule has 2 rings (SSSR count). The van der Waals surface area contributed by atoms with Gasteiger partial charge in [0.15, 0.2) is 17.4 Å². The Hall–Kier alpha value is -1.25. The molecule has 2 atom stereocenters. The fourth-order valence-corrected chi connectivity index (χ4v) is 2.73. The molecule has 1 fully saturated rings. The largest absolute Gasteiger partial charge is 0.294 e. The lowest BCUT2D eigenvalue weighted by atomic mass is 9.78. The van der Waals surface area contributed by atoms with Crippen molar-refractivity contribution in [1.82, 2.24) is 0 Å². The highest BCUT2D eigenvalue weighted by atomic mass is 19.2. The van der Waals surface area contributed by atoms with Crippen molar-refractivity contribution in [2.24, 2.45) is 11.8 Å². The Bertz CT molecular complexity index is 468. The SMILES string of the molecule is Cc1ccc(C(=O)C2CCCC(C)C2)c(F)c1F. The van der Waals surface area contributed by atoms with E-state index in [1.165, 1.54) is 19.1 Å². The molecular formula is C15H18F2O. The van der Waals surface area contributed by atoms with E-state index in [0.29, 0.717) is 5.92 Å². The van der Waals surface area contributed by atoms with E-state index in [4.69, 9.17) is 0 Å². The van der Waals surface area contributed by atoms with Crippen LogP contribution in [0.15, 0.2) is 12.1 Å². The summed E-state index contributed by atoms with van der Waals surface area (Å²) >= 11 is 0. The van der Waals surface area contributed by atoms with Gasteiger partial charge in [0.25, 0.3) is 0 Å². The minimum atomic E-state index is -0.988. The molecule has 0 heterocycles. The van der Waals surface area contributed by atoms with Crippen molar-refractivity contribution in [3.8, 4) is 0 Å². The maximum Gasteiger partial charge on any atom is 0.169 e. The molecule has 18 heavy (non-hydrogen) atoms. The molecule has 0 spiro atoms. The first-order valence-electron chi connectivity index (χ1n) is 6.49. The second kappa shape index (κ2) is 5.17. The van der Waals surface area contributed by atoms with Gasteiger partial charge in [-0.1, -0.05) is 25.8 Å². The minimum Gasteiger partial charge on any atom is -0.294 e. The van der Waals surface area contributed by atoms with Crippen LogP contribution in [0, 0.1) is 30.4 Å². The number of Topliss-reactive ketones (excluding diaryl/α,β-unsaturated/α-hetero) is 1. The summed E-state index contributed by atoms with van der Waals surface area (Å²) in [5.41, 5.74) is 0.151. The molecule has 0 aliphatic heterocycles. The van der Waals surface area contributed by atoms with Crippen LogP contribution in [0.3, 0.4) is 0 Å². The quantitative estimate of drug-likeness (QED) is 0.718. The van der Waals surface area contributed by atoms with E-state index in [1.807, 2.05) is 0 Å². The molecule has 0 amide bonds. The number of hydrogen-bond acceptors (Lipinski definition) is 1. The summed E-state index contributed by atoms with van der Waals surface area (Å²) in [5, 5.41) is 0. The third-order valence-electron chi connectivity index (χ3n) is 3.85. The first-order chi connectivity index (χ1) is 8.50. The van der Waals surface area contributed by atoms with E-state index in [2.05, 4.69) is 6.92 Å². The lowest BCUT2D eigenvalue weighted by Gasteiger charge is -2.25. The van der Waals surface area contributed by atoms with Gasteiger partial charge in [-0.3, -0.25) is 4.79 Å². The van der Waals surface area contributed by atoms with Crippen LogP contribution in [0.25, 0.3) is 0 Å². The standard InChI is InChI=1S/C15H18F2O/c1-9-4-3-5-11(8-9)15(18)12-7-6-10(2)13(16)14(12)17/h6-7,9,11H,3-5,8H2,1-2H3. The number of carbonyl (C=O) groups is 1. The van der Waals surface area contributed by atoms with Crippen LogP contribution in [0.5, 0.6) is 0 Å². The molecule has 1 nitrogen and oxygen atoms in total. The fraction of sp³-hybridized carbons (Fsp3) is 0.533. The van der Waals surface area contributed by atoms with Gasteiger partial charge >= 0.3 is 0 Å². The Morgan fingerprint density at radius 3 is 2.61 bits per heavy atom. The van der Waals surface area contributed by atoms with Crippen LogP contribution < -0.4 is 0 Å². The van der Waals surface area contributed by atoms with E-state index < -0.39 is 11.6 Å². The topological polar surface area (TPSA) is 17.1 Å². The average Bonchev–Trinajstić information content (AvgIpc) is 2.35. The number of halogens is 2. The van der Waals surface area contributed by atoms with Crippen LogP contribution in [-0.2, 0) is 0 Å². The van der Waals surface area contributed by atoms with Gasteiger partial charge in [-0.2, -0.15) is 0 Å². The number of aryl methyl sites for hydroxylation is 1. The number of rotatable bonds is 2. The van der Waals surface area contributed by atoms with Crippen molar-refractivity contribution >= 4 is 5.78 Å². The van der Waals surface area contributed by atoms with Crippen LogP contribution in [0.4, 0.5) is 8.78 Å². The Morgan fingerprint density at radius 1 is 1.22 bits per heavy atom. The van der Waals surface area contributed by atoms with E-state index >= 15 is 0 Å². The van der Waals surface area contributed by atoms with Crippen molar-refractivity contribution in [2.45, 2.75) is 39.5 Å². The zero-order valence-electron chi connectivity index (χ0n) is 10.8. The molecule has 98 valence electrons. The van der Waals surface area contributed by atoms with E-state index in [1.54, 1.807) is 0 Å². The number of benzene rings is 1. The molecule has 1 aliphatic rings. The maximum absolute atomic E-state index is 13.8. The molecule has 0 bridgehead atoms. The van der Waals surface area contributed by atoms with Gasteiger partial charge in [0, 0.05) is 5.92 Å². The predicted molar refractivity (Wildman–Crippen MR) is 66.5 cm³/mol. The summed E-state index contributed by atoms with van der Waals surface area (Å²) in [5.74, 6) is -1.78. The Labute approximate surface area is 106 Å². The average molecular weight is 252 g/mol. The molecular weight excluding hydrogens is 234 g/mol. The highest BCUT2D eigenvalue weighted by Gasteiger charge is 2.28. The molecule has 0 aromatic heterocycles. The van der Waals surface area contributed by atoms with Crippen LogP contribution >= 0.6 is 0 Å². The Balaban J connectivity index is 2.26. The smallest absolute Gasteiger partial charge is 0.169 e. The van der Waals surface area contributed by atoms with Gasteiger partial charge in [-0.15, -0.1) is 0 Å². The molecule has 1 aliphatic carbocycles. The zero-order valence-corrected chi connectivity index (χ0v) is 10.8. The second-order valence-electron chi connectivity index (χ2n) is 5.39. The molecule has 0 saturated heterocycles. The second-order valence-corrected chi connectivity index (χ2v) is 5.39. The highest BCUT2D eigenvalue weighted by molar-refractivity contribution is 5.98. The first kappa shape index (κ1) is 13.2. The molecule has 1 saturated carbocycles. The molecule has 1 aromatic carbocycles. The molecule has 2 unspecified atom stereocenters. The molecule has 3 heteroatoms. The molecule has 1 aromatic rings. The summed E-state index contributed by atoms with van der Waals surface area (Å²) in [6, 6.07) is 2.88. The van der Waals surface area contributed by atoms with Crippen molar-refractivity contribution in [2.75, 3.05) is 0 Å². The van der Waals surface area contributed by atoms with E-state index in [0.717, 1.165) is 25.7 Å². The van der Waals surface area contributed by atoms with Crippen molar-refractivity contribution in [3.05, 3.63) is 34.9 Å². The van der Waals surface area contributed by atoms with Gasteiger partial charge in [0.05, 0.1) is 5.56 Å². The van der Waals surface area contributed by atoms with Crippen molar-refractivity contribution < 1.29 is 13.6 Å².